The first kappa shape index (κ1) is 10.0. The molecular formula is C9H15ClO2. The zero-order chi connectivity index (χ0) is 9.57. The van der Waals surface area contributed by atoms with Gasteiger partial charge in [0.25, 0.3) is 0 Å². The molecule has 1 rings (SSSR count). The van der Waals surface area contributed by atoms with Gasteiger partial charge in [0.15, 0.2) is 0 Å². The molecule has 0 aromatic carbocycles. The molecule has 0 aliphatic heterocycles. The maximum absolute atomic E-state index is 11.0. The Labute approximate surface area is 78.2 Å². The molecule has 2 atom stereocenters. The van der Waals surface area contributed by atoms with Crippen molar-refractivity contribution < 1.29 is 9.53 Å². The fraction of sp³-hybridized carbons (Fsp3) is 0.889. The highest BCUT2D eigenvalue weighted by molar-refractivity contribution is 6.64. The van der Waals surface area contributed by atoms with Crippen molar-refractivity contribution in [1.82, 2.24) is 0 Å². The lowest BCUT2D eigenvalue weighted by molar-refractivity contribution is -0.114. The summed E-state index contributed by atoms with van der Waals surface area (Å²) in [7, 11) is 1.65. The second-order valence-electron chi connectivity index (χ2n) is 4.31. The third-order valence-corrected chi connectivity index (χ3v) is 3.64. The molecule has 0 saturated heterocycles. The summed E-state index contributed by atoms with van der Waals surface area (Å²) in [5.74, 6) is -0.0494. The van der Waals surface area contributed by atoms with E-state index in [2.05, 4.69) is 13.8 Å². The van der Waals surface area contributed by atoms with Crippen molar-refractivity contribution in [1.29, 1.82) is 0 Å². The van der Waals surface area contributed by atoms with Crippen LogP contribution < -0.4 is 0 Å². The van der Waals surface area contributed by atoms with Gasteiger partial charge in [-0.1, -0.05) is 20.8 Å². The summed E-state index contributed by atoms with van der Waals surface area (Å²) < 4.78 is 5.07. The van der Waals surface area contributed by atoms with Gasteiger partial charge < -0.3 is 4.74 Å². The first-order chi connectivity index (χ1) is 5.38. The fourth-order valence-electron chi connectivity index (χ4n) is 2.17. The Bertz CT molecular complexity index is 213. The van der Waals surface area contributed by atoms with E-state index in [9.17, 15) is 4.79 Å². The van der Waals surface area contributed by atoms with Gasteiger partial charge in [-0.3, -0.25) is 4.79 Å². The van der Waals surface area contributed by atoms with Crippen LogP contribution in [0.4, 0.5) is 0 Å². The van der Waals surface area contributed by atoms with Gasteiger partial charge in [-0.15, -0.1) is 0 Å². The lowest BCUT2D eigenvalue weighted by atomic mass is 10.00. The Hall–Kier alpha value is -0.0800. The van der Waals surface area contributed by atoms with E-state index in [4.69, 9.17) is 16.3 Å². The minimum absolute atomic E-state index is 0.0121. The Morgan fingerprint density at radius 2 is 2.00 bits per heavy atom. The number of methoxy groups -OCH3 is 1. The second-order valence-corrected chi connectivity index (χ2v) is 4.68. The molecule has 1 aliphatic carbocycles. The predicted octanol–water partition coefficient (Wildman–Crippen LogP) is 2.06. The van der Waals surface area contributed by atoms with Crippen LogP contribution in [0.1, 0.15) is 20.8 Å². The predicted molar refractivity (Wildman–Crippen MR) is 48.1 cm³/mol. The standard InChI is InChI=1S/C9H15ClO2/c1-8(2)6(7(10)11)9(8,3)5-12-4/h6H,5H2,1-4H3. The molecular weight excluding hydrogens is 176 g/mol. The maximum atomic E-state index is 11.0. The largest absolute Gasteiger partial charge is 0.384 e. The summed E-state index contributed by atoms with van der Waals surface area (Å²) in [6.07, 6.45) is 0. The third kappa shape index (κ3) is 1.09. The number of rotatable bonds is 3. The molecule has 1 fully saturated rings. The molecule has 2 unspecified atom stereocenters. The number of carbonyl (C=O) groups excluding carboxylic acids is 1. The zero-order valence-corrected chi connectivity index (χ0v) is 8.73. The first-order valence-electron chi connectivity index (χ1n) is 4.06. The summed E-state index contributed by atoms with van der Waals surface area (Å²) in [6.45, 7) is 6.75. The summed E-state index contributed by atoms with van der Waals surface area (Å²) in [6, 6.07) is 0. The van der Waals surface area contributed by atoms with Gasteiger partial charge in [0, 0.05) is 18.4 Å². The SMILES string of the molecule is COCC1(C)C(C(=O)Cl)C1(C)C. The van der Waals surface area contributed by atoms with Gasteiger partial charge in [0.1, 0.15) is 0 Å². The highest BCUT2D eigenvalue weighted by Crippen LogP contribution is 2.69. The van der Waals surface area contributed by atoms with Crippen molar-refractivity contribution in [2.45, 2.75) is 20.8 Å². The van der Waals surface area contributed by atoms with Gasteiger partial charge in [0.05, 0.1) is 6.61 Å². The monoisotopic (exact) mass is 190 g/mol. The molecule has 0 aromatic heterocycles. The van der Waals surface area contributed by atoms with E-state index in [0.29, 0.717) is 6.61 Å². The van der Waals surface area contributed by atoms with Crippen molar-refractivity contribution in [3.63, 3.8) is 0 Å². The minimum atomic E-state index is -0.237. The average Bonchev–Trinajstić information content (AvgIpc) is 2.26. The fourth-order valence-corrected chi connectivity index (χ4v) is 2.69. The summed E-state index contributed by atoms with van der Waals surface area (Å²) in [5, 5.41) is -0.237. The van der Waals surface area contributed by atoms with Gasteiger partial charge >= 0.3 is 0 Å². The molecule has 0 radical (unpaired) electrons. The van der Waals surface area contributed by atoms with Crippen LogP contribution in [0.2, 0.25) is 0 Å². The molecule has 0 spiro atoms. The molecule has 1 saturated carbocycles. The molecule has 3 heteroatoms. The Morgan fingerprint density at radius 1 is 1.50 bits per heavy atom. The van der Waals surface area contributed by atoms with Crippen molar-refractivity contribution in [3.05, 3.63) is 0 Å². The van der Waals surface area contributed by atoms with Crippen molar-refractivity contribution in [3.8, 4) is 0 Å². The van der Waals surface area contributed by atoms with Crippen LogP contribution in [0, 0.1) is 16.7 Å². The first-order valence-corrected chi connectivity index (χ1v) is 4.44. The molecule has 0 aromatic rings. The van der Waals surface area contributed by atoms with Crippen LogP contribution in [-0.2, 0) is 9.53 Å². The molecule has 12 heavy (non-hydrogen) atoms. The van der Waals surface area contributed by atoms with E-state index in [1.165, 1.54) is 0 Å². The van der Waals surface area contributed by atoms with Crippen LogP contribution in [0.5, 0.6) is 0 Å². The molecule has 70 valence electrons. The van der Waals surface area contributed by atoms with E-state index in [1.54, 1.807) is 7.11 Å². The number of ether oxygens (including phenoxy) is 1. The Morgan fingerprint density at radius 3 is 2.25 bits per heavy atom. The third-order valence-electron chi connectivity index (χ3n) is 3.42. The molecule has 2 nitrogen and oxygen atoms in total. The lowest BCUT2D eigenvalue weighted by Gasteiger charge is -2.11. The average molecular weight is 191 g/mol. The summed E-state index contributed by atoms with van der Waals surface area (Å²) in [5.41, 5.74) is -0.0809. The van der Waals surface area contributed by atoms with Crippen LogP contribution in [0.25, 0.3) is 0 Å². The van der Waals surface area contributed by atoms with Gasteiger partial charge in [-0.25, -0.2) is 0 Å². The molecule has 0 bridgehead atoms. The van der Waals surface area contributed by atoms with Gasteiger partial charge in [-0.05, 0) is 17.0 Å². The zero-order valence-electron chi connectivity index (χ0n) is 7.98. The highest BCUT2D eigenvalue weighted by Gasteiger charge is 2.70. The van der Waals surface area contributed by atoms with E-state index in [1.807, 2.05) is 6.92 Å². The number of carbonyl (C=O) groups is 1. The normalized spacial score (nSPS) is 37.9. The van der Waals surface area contributed by atoms with Crippen molar-refractivity contribution in [2.24, 2.45) is 16.7 Å². The smallest absolute Gasteiger partial charge is 0.225 e. The van der Waals surface area contributed by atoms with Crippen LogP contribution in [0.15, 0.2) is 0 Å². The van der Waals surface area contributed by atoms with Crippen LogP contribution >= 0.6 is 11.6 Å². The summed E-state index contributed by atoms with van der Waals surface area (Å²) >= 11 is 5.49. The quantitative estimate of drug-likeness (QED) is 0.637. The number of hydrogen-bond donors (Lipinski definition) is 0. The number of halogens is 1. The molecule has 0 heterocycles. The molecule has 0 amide bonds. The second kappa shape index (κ2) is 2.71. The lowest BCUT2D eigenvalue weighted by Crippen LogP contribution is -2.12. The topological polar surface area (TPSA) is 26.3 Å². The van der Waals surface area contributed by atoms with E-state index < -0.39 is 0 Å². The molecule has 1 aliphatic rings. The van der Waals surface area contributed by atoms with E-state index in [0.717, 1.165) is 0 Å². The van der Waals surface area contributed by atoms with Crippen molar-refractivity contribution in [2.75, 3.05) is 13.7 Å². The van der Waals surface area contributed by atoms with E-state index in [-0.39, 0.29) is 22.0 Å². The summed E-state index contributed by atoms with van der Waals surface area (Å²) in [4.78, 5) is 11.0. The van der Waals surface area contributed by atoms with Crippen molar-refractivity contribution >= 4 is 16.8 Å². The highest BCUT2D eigenvalue weighted by atomic mass is 35.5. The Kier molecular flexibility index (Phi) is 2.26. The number of hydrogen-bond acceptors (Lipinski definition) is 2. The molecule has 0 N–H and O–H groups in total. The van der Waals surface area contributed by atoms with Gasteiger partial charge in [-0.2, -0.15) is 0 Å². The minimum Gasteiger partial charge on any atom is -0.384 e. The van der Waals surface area contributed by atoms with Crippen LogP contribution in [-0.4, -0.2) is 19.0 Å². The maximum Gasteiger partial charge on any atom is 0.225 e. The van der Waals surface area contributed by atoms with E-state index >= 15 is 0 Å². The van der Waals surface area contributed by atoms with Crippen LogP contribution in [0.3, 0.4) is 0 Å². The van der Waals surface area contributed by atoms with Gasteiger partial charge in [0.2, 0.25) is 5.24 Å². The Balaban J connectivity index is 2.76.